The van der Waals surface area contributed by atoms with Crippen LogP contribution in [-0.4, -0.2) is 11.7 Å². The summed E-state index contributed by atoms with van der Waals surface area (Å²) in [5, 5.41) is 0.396. The predicted octanol–water partition coefficient (Wildman–Crippen LogP) is 1.97. The summed E-state index contributed by atoms with van der Waals surface area (Å²) in [6, 6.07) is 0. The van der Waals surface area contributed by atoms with Crippen LogP contribution in [0, 0.1) is 11.8 Å². The van der Waals surface area contributed by atoms with Crippen LogP contribution in [0.25, 0.3) is 0 Å². The second-order valence-electron chi connectivity index (χ2n) is 5.29. The fraction of sp³-hybridized carbons (Fsp3) is 0.538. The van der Waals surface area contributed by atoms with E-state index >= 15 is 0 Å². The quantitative estimate of drug-likeness (QED) is 0.875. The Bertz CT molecular complexity index is 531. The van der Waals surface area contributed by atoms with Crippen molar-refractivity contribution in [2.45, 2.75) is 32.1 Å². The topological polar surface area (TPSA) is 86.2 Å². The Kier molecular flexibility index (Phi) is 2.66. The van der Waals surface area contributed by atoms with Crippen molar-refractivity contribution in [3.8, 4) is 0 Å². The molecule has 1 fully saturated rings. The first-order chi connectivity index (χ1) is 8.58. The number of ketones is 1. The van der Waals surface area contributed by atoms with E-state index in [-0.39, 0.29) is 11.7 Å². The number of anilines is 1. The van der Waals surface area contributed by atoms with Gasteiger partial charge in [-0.2, -0.15) is 0 Å². The van der Waals surface area contributed by atoms with Crippen molar-refractivity contribution in [1.82, 2.24) is 0 Å². The average molecular weight is 264 g/mol. The predicted molar refractivity (Wildman–Crippen MR) is 70.7 cm³/mol. The molecule has 0 radical (unpaired) electrons. The number of primary amides is 1. The van der Waals surface area contributed by atoms with Gasteiger partial charge in [0.2, 0.25) is 0 Å². The first-order valence-corrected chi connectivity index (χ1v) is 7.14. The van der Waals surface area contributed by atoms with Gasteiger partial charge >= 0.3 is 0 Å². The van der Waals surface area contributed by atoms with Crippen molar-refractivity contribution in [3.63, 3.8) is 0 Å². The highest BCUT2D eigenvalue weighted by Crippen LogP contribution is 2.43. The van der Waals surface area contributed by atoms with Crippen LogP contribution in [0.2, 0.25) is 0 Å². The number of Topliss-reactive ketones (excluding diaryl/α,β-unsaturated/α-hetero) is 1. The van der Waals surface area contributed by atoms with Gasteiger partial charge in [0.15, 0.2) is 5.78 Å². The number of carbonyl (C=O) groups is 2. The van der Waals surface area contributed by atoms with Crippen LogP contribution in [0.1, 0.15) is 51.3 Å². The van der Waals surface area contributed by atoms with Crippen molar-refractivity contribution in [2.75, 3.05) is 5.73 Å². The molecule has 5 heteroatoms. The van der Waals surface area contributed by atoms with Crippen LogP contribution in [0.4, 0.5) is 5.00 Å². The van der Waals surface area contributed by atoms with E-state index in [0.717, 1.165) is 30.7 Å². The smallest absolute Gasteiger partial charge is 0.251 e. The summed E-state index contributed by atoms with van der Waals surface area (Å²) in [6.07, 6.45) is 5.11. The molecule has 0 bridgehead atoms. The number of carbonyl (C=O) groups excluding carboxylic acids is 2. The van der Waals surface area contributed by atoms with Crippen molar-refractivity contribution in [3.05, 3.63) is 16.0 Å². The lowest BCUT2D eigenvalue weighted by atomic mass is 9.83. The third-order valence-electron chi connectivity index (χ3n) is 3.93. The lowest BCUT2D eigenvalue weighted by Gasteiger charge is -2.20. The summed E-state index contributed by atoms with van der Waals surface area (Å²) in [4.78, 5) is 24.4. The molecule has 1 atom stereocenters. The molecule has 18 heavy (non-hydrogen) atoms. The minimum absolute atomic E-state index is 0.128. The number of thiophene rings is 1. The van der Waals surface area contributed by atoms with Crippen LogP contribution in [0.3, 0.4) is 0 Å². The van der Waals surface area contributed by atoms with Crippen molar-refractivity contribution in [1.29, 1.82) is 0 Å². The zero-order valence-electron chi connectivity index (χ0n) is 10.1. The second-order valence-corrected chi connectivity index (χ2v) is 6.34. The molecule has 1 aromatic rings. The number of hydrogen-bond acceptors (Lipinski definition) is 4. The number of amides is 1. The van der Waals surface area contributed by atoms with E-state index in [0.29, 0.717) is 15.4 Å². The van der Waals surface area contributed by atoms with Gasteiger partial charge in [-0.25, -0.2) is 0 Å². The summed E-state index contributed by atoms with van der Waals surface area (Å²) in [5.74, 6) is 0.531. The zero-order valence-corrected chi connectivity index (χ0v) is 10.9. The number of nitrogens with two attached hydrogens (primary N) is 2. The lowest BCUT2D eigenvalue weighted by molar-refractivity contribution is 0.0895. The summed E-state index contributed by atoms with van der Waals surface area (Å²) in [7, 11) is 0. The molecule has 2 aliphatic rings. The Hall–Kier alpha value is -1.36. The number of nitrogen functional groups attached to an aromatic ring is 1. The molecule has 4 N–H and O–H groups in total. The van der Waals surface area contributed by atoms with Gasteiger partial charge in [0.05, 0.1) is 15.4 Å². The van der Waals surface area contributed by atoms with Crippen molar-refractivity contribution >= 4 is 28.0 Å². The SMILES string of the molecule is NC(=O)c1c(N)sc2c1CC[C@H](CC1CC1)C2=O. The molecule has 0 spiro atoms. The van der Waals surface area contributed by atoms with Gasteiger partial charge in [-0.3, -0.25) is 9.59 Å². The van der Waals surface area contributed by atoms with Gasteiger partial charge in [-0.1, -0.05) is 12.8 Å². The molecule has 1 heterocycles. The molecular formula is C13H16N2O2S. The van der Waals surface area contributed by atoms with Gasteiger partial charge in [-0.15, -0.1) is 11.3 Å². The van der Waals surface area contributed by atoms with Crippen LogP contribution >= 0.6 is 11.3 Å². The standard InChI is InChI=1S/C13H16N2O2S/c14-12(17)9-8-4-3-7(5-6-1-2-6)10(16)11(8)18-13(9)15/h6-7H,1-5,15H2,(H2,14,17)/t7-/m1/s1. The Morgan fingerprint density at radius 3 is 2.67 bits per heavy atom. The third-order valence-corrected chi connectivity index (χ3v) is 5.01. The van der Waals surface area contributed by atoms with Gasteiger partial charge < -0.3 is 11.5 Å². The summed E-state index contributed by atoms with van der Waals surface area (Å²) < 4.78 is 0. The minimum Gasteiger partial charge on any atom is -0.390 e. The zero-order chi connectivity index (χ0) is 12.9. The van der Waals surface area contributed by atoms with Crippen LogP contribution in [-0.2, 0) is 6.42 Å². The third kappa shape index (κ3) is 1.82. The monoisotopic (exact) mass is 264 g/mol. The van der Waals surface area contributed by atoms with E-state index in [1.807, 2.05) is 0 Å². The maximum Gasteiger partial charge on any atom is 0.251 e. The maximum absolute atomic E-state index is 12.4. The molecule has 3 rings (SSSR count). The van der Waals surface area contributed by atoms with Gasteiger partial charge in [0.25, 0.3) is 5.91 Å². The van der Waals surface area contributed by atoms with Crippen LogP contribution in [0.15, 0.2) is 0 Å². The molecule has 0 unspecified atom stereocenters. The largest absolute Gasteiger partial charge is 0.390 e. The highest BCUT2D eigenvalue weighted by molar-refractivity contribution is 7.18. The maximum atomic E-state index is 12.4. The fourth-order valence-corrected chi connectivity index (χ4v) is 3.95. The molecule has 0 saturated heterocycles. The number of rotatable bonds is 3. The van der Waals surface area contributed by atoms with Crippen LogP contribution in [0.5, 0.6) is 0 Å². The van der Waals surface area contributed by atoms with Gasteiger partial charge in [-0.05, 0) is 30.7 Å². The Morgan fingerprint density at radius 1 is 1.33 bits per heavy atom. The van der Waals surface area contributed by atoms with E-state index in [1.165, 1.54) is 24.2 Å². The number of fused-ring (bicyclic) bond motifs is 1. The van der Waals surface area contributed by atoms with Crippen molar-refractivity contribution in [2.24, 2.45) is 17.6 Å². The Morgan fingerprint density at radius 2 is 2.06 bits per heavy atom. The fourth-order valence-electron chi connectivity index (χ4n) is 2.81. The first-order valence-electron chi connectivity index (χ1n) is 6.33. The molecule has 1 amide bonds. The van der Waals surface area contributed by atoms with Crippen LogP contribution < -0.4 is 11.5 Å². The van der Waals surface area contributed by atoms with Crippen molar-refractivity contribution < 1.29 is 9.59 Å². The normalized spacial score (nSPS) is 22.9. The molecule has 0 aromatic carbocycles. The van der Waals surface area contributed by atoms with E-state index in [2.05, 4.69) is 0 Å². The average Bonchev–Trinajstić information content (AvgIpc) is 3.04. The number of hydrogen-bond donors (Lipinski definition) is 2. The van der Waals surface area contributed by atoms with Gasteiger partial charge in [0.1, 0.15) is 0 Å². The van der Waals surface area contributed by atoms with E-state index < -0.39 is 5.91 Å². The molecule has 0 aliphatic heterocycles. The van der Waals surface area contributed by atoms with E-state index in [9.17, 15) is 9.59 Å². The first kappa shape index (κ1) is 11.7. The van der Waals surface area contributed by atoms with Gasteiger partial charge in [0, 0.05) is 5.92 Å². The molecule has 2 aliphatic carbocycles. The Labute approximate surface area is 109 Å². The molecule has 96 valence electrons. The Balaban J connectivity index is 1.93. The minimum atomic E-state index is -0.515. The molecule has 1 aromatic heterocycles. The molecular weight excluding hydrogens is 248 g/mol. The summed E-state index contributed by atoms with van der Waals surface area (Å²) >= 11 is 1.23. The molecule has 1 saturated carbocycles. The second kappa shape index (κ2) is 4.09. The summed E-state index contributed by atoms with van der Waals surface area (Å²) in [5.41, 5.74) is 12.3. The highest BCUT2D eigenvalue weighted by Gasteiger charge is 2.36. The highest BCUT2D eigenvalue weighted by atomic mass is 32.1. The molecule has 4 nitrogen and oxygen atoms in total. The van der Waals surface area contributed by atoms with E-state index in [4.69, 9.17) is 11.5 Å². The summed E-state index contributed by atoms with van der Waals surface area (Å²) in [6.45, 7) is 0. The lowest BCUT2D eigenvalue weighted by Crippen LogP contribution is -2.23. The van der Waals surface area contributed by atoms with E-state index in [1.54, 1.807) is 0 Å².